The average Bonchev–Trinajstić information content (AvgIpc) is 3.19. The fraction of sp³-hybridized carbons (Fsp3) is 0.400. The first-order valence-electron chi connectivity index (χ1n) is 11.4. The molecule has 35 heavy (non-hydrogen) atoms. The summed E-state index contributed by atoms with van der Waals surface area (Å²) in [5.41, 5.74) is 4.09. The van der Waals surface area contributed by atoms with Crippen LogP contribution in [0.15, 0.2) is 48.5 Å². The lowest BCUT2D eigenvalue weighted by Crippen LogP contribution is -2.57. The molecule has 2 aromatic carbocycles. The maximum atomic E-state index is 14.5. The number of halogens is 2. The number of carboxylic acid groups (broad SMARTS) is 1. The Hall–Kier alpha value is -3.53. The molecule has 1 fully saturated rings. The molecule has 0 spiro atoms. The molecule has 1 saturated heterocycles. The van der Waals surface area contributed by atoms with Gasteiger partial charge in [-0.15, -0.1) is 0 Å². The molecule has 2 aromatic rings. The minimum atomic E-state index is -3.81. The lowest BCUT2D eigenvalue weighted by atomic mass is 9.98. The number of hydrogen-bond donors (Lipinski definition) is 2. The zero-order chi connectivity index (χ0) is 25.2. The van der Waals surface area contributed by atoms with E-state index in [0.29, 0.717) is 0 Å². The van der Waals surface area contributed by atoms with Crippen molar-refractivity contribution in [2.45, 2.75) is 24.8 Å². The van der Waals surface area contributed by atoms with Crippen molar-refractivity contribution in [2.24, 2.45) is 0 Å². The van der Waals surface area contributed by atoms with Crippen molar-refractivity contribution in [1.29, 1.82) is 0 Å². The molecule has 1 aliphatic carbocycles. The zero-order valence-corrected chi connectivity index (χ0v) is 19.2. The number of rotatable bonds is 7. The first kappa shape index (κ1) is 24.6. The van der Waals surface area contributed by atoms with Crippen molar-refractivity contribution in [3.05, 3.63) is 59.7 Å². The molecule has 8 nitrogen and oxygen atoms in total. The van der Waals surface area contributed by atoms with Gasteiger partial charge in [0, 0.05) is 32.1 Å². The Morgan fingerprint density at radius 2 is 1.57 bits per heavy atom. The van der Waals surface area contributed by atoms with Crippen LogP contribution in [0.3, 0.4) is 0 Å². The van der Waals surface area contributed by atoms with Crippen molar-refractivity contribution in [3.8, 4) is 11.1 Å². The minimum absolute atomic E-state index is 0.0169. The van der Waals surface area contributed by atoms with Crippen LogP contribution in [0.1, 0.15) is 24.0 Å². The molecule has 2 amide bonds. The van der Waals surface area contributed by atoms with Crippen LogP contribution in [0.4, 0.5) is 13.6 Å². The normalized spacial score (nSPS) is 16.8. The van der Waals surface area contributed by atoms with Gasteiger partial charge < -0.3 is 20.1 Å². The van der Waals surface area contributed by atoms with Crippen LogP contribution in [0, 0.1) is 0 Å². The van der Waals surface area contributed by atoms with E-state index >= 15 is 0 Å². The van der Waals surface area contributed by atoms with E-state index in [4.69, 9.17) is 9.84 Å². The SMILES string of the molecule is CC(C(=O)O)N1CCN(C(=O)C(F)(F)CNC(=O)OCC2c3ccccc3-c3ccccc32)CC1. The van der Waals surface area contributed by atoms with Crippen molar-refractivity contribution in [2.75, 3.05) is 39.3 Å². The van der Waals surface area contributed by atoms with E-state index in [2.05, 4.69) is 0 Å². The summed E-state index contributed by atoms with van der Waals surface area (Å²) in [4.78, 5) is 38.2. The largest absolute Gasteiger partial charge is 0.480 e. The fourth-order valence-electron chi connectivity index (χ4n) is 4.61. The first-order valence-corrected chi connectivity index (χ1v) is 11.4. The number of nitrogens with one attached hydrogen (secondary N) is 1. The van der Waals surface area contributed by atoms with Gasteiger partial charge in [0.15, 0.2) is 0 Å². The maximum absolute atomic E-state index is 14.5. The summed E-state index contributed by atoms with van der Waals surface area (Å²) in [5, 5.41) is 11.1. The summed E-state index contributed by atoms with van der Waals surface area (Å²) in [6, 6.07) is 14.8. The summed E-state index contributed by atoms with van der Waals surface area (Å²) in [6.45, 7) is 0.613. The van der Waals surface area contributed by atoms with E-state index < -0.39 is 36.5 Å². The van der Waals surface area contributed by atoms with Gasteiger partial charge in [0.05, 0.1) is 6.54 Å². The minimum Gasteiger partial charge on any atom is -0.480 e. The van der Waals surface area contributed by atoms with Gasteiger partial charge in [0.2, 0.25) is 0 Å². The second kappa shape index (κ2) is 9.99. The van der Waals surface area contributed by atoms with Crippen LogP contribution >= 0.6 is 0 Å². The van der Waals surface area contributed by atoms with Crippen molar-refractivity contribution < 1.29 is 33.0 Å². The number of carbonyl (C=O) groups excluding carboxylic acids is 2. The molecular formula is C25H27F2N3O5. The standard InChI is InChI=1S/C25H27F2N3O5/c1-16(22(31)32)29-10-12-30(13-11-29)23(33)25(26,27)15-28-24(34)35-14-21-19-8-4-2-6-17(19)18-7-3-5-9-20(18)21/h2-9,16,21H,10-15H2,1H3,(H,28,34)(H,31,32). The molecule has 0 aromatic heterocycles. The number of nitrogens with zero attached hydrogens (tertiary/aromatic N) is 2. The third-order valence-corrected chi connectivity index (χ3v) is 6.62. The van der Waals surface area contributed by atoms with Crippen LogP contribution in [0.5, 0.6) is 0 Å². The zero-order valence-electron chi connectivity index (χ0n) is 19.2. The summed E-state index contributed by atoms with van der Waals surface area (Å²) in [5.74, 6) is -6.44. The van der Waals surface area contributed by atoms with Crippen LogP contribution in [0.25, 0.3) is 11.1 Å². The molecule has 2 aliphatic rings. The molecular weight excluding hydrogens is 460 g/mol. The molecule has 0 bridgehead atoms. The second-order valence-corrected chi connectivity index (χ2v) is 8.73. The molecule has 1 atom stereocenters. The number of hydrogen-bond acceptors (Lipinski definition) is 5. The number of amides is 2. The predicted octanol–water partition coefficient (Wildman–Crippen LogP) is 2.78. The third-order valence-electron chi connectivity index (χ3n) is 6.62. The molecule has 186 valence electrons. The quantitative estimate of drug-likeness (QED) is 0.623. The van der Waals surface area contributed by atoms with E-state index in [1.807, 2.05) is 53.8 Å². The number of carboxylic acids is 1. The monoisotopic (exact) mass is 487 g/mol. The van der Waals surface area contributed by atoms with Gasteiger partial charge in [-0.2, -0.15) is 8.78 Å². The Bertz CT molecular complexity index is 1070. The number of piperazine rings is 1. The van der Waals surface area contributed by atoms with E-state index in [1.54, 1.807) is 4.90 Å². The van der Waals surface area contributed by atoms with Gasteiger partial charge >= 0.3 is 18.0 Å². The third kappa shape index (κ3) is 5.12. The van der Waals surface area contributed by atoms with Crippen LogP contribution < -0.4 is 5.32 Å². The highest BCUT2D eigenvalue weighted by Crippen LogP contribution is 2.44. The van der Waals surface area contributed by atoms with Gasteiger partial charge in [-0.1, -0.05) is 48.5 Å². The van der Waals surface area contributed by atoms with Crippen molar-refractivity contribution in [3.63, 3.8) is 0 Å². The molecule has 2 N–H and O–H groups in total. The van der Waals surface area contributed by atoms with Gasteiger partial charge in [-0.05, 0) is 29.2 Å². The van der Waals surface area contributed by atoms with Gasteiger partial charge in [0.1, 0.15) is 12.6 Å². The summed E-state index contributed by atoms with van der Waals surface area (Å²) < 4.78 is 34.3. The number of ether oxygens (including phenoxy) is 1. The van der Waals surface area contributed by atoms with Crippen molar-refractivity contribution in [1.82, 2.24) is 15.1 Å². The average molecular weight is 488 g/mol. The number of aliphatic carboxylic acids is 1. The first-order chi connectivity index (χ1) is 16.7. The van der Waals surface area contributed by atoms with Gasteiger partial charge in [-0.25, -0.2) is 4.79 Å². The topological polar surface area (TPSA) is 99.2 Å². The smallest absolute Gasteiger partial charge is 0.407 e. The highest BCUT2D eigenvalue weighted by molar-refractivity contribution is 5.84. The van der Waals surface area contributed by atoms with Crippen molar-refractivity contribution >= 4 is 18.0 Å². The molecule has 0 saturated carbocycles. The molecule has 1 unspecified atom stereocenters. The summed E-state index contributed by atoms with van der Waals surface area (Å²) >= 11 is 0. The lowest BCUT2D eigenvalue weighted by molar-refractivity contribution is -0.159. The van der Waals surface area contributed by atoms with Gasteiger partial charge in [0.25, 0.3) is 5.91 Å². The van der Waals surface area contributed by atoms with E-state index in [1.165, 1.54) is 6.92 Å². The fourth-order valence-corrected chi connectivity index (χ4v) is 4.61. The predicted molar refractivity (Wildman–Crippen MR) is 123 cm³/mol. The molecule has 0 radical (unpaired) electrons. The number of benzene rings is 2. The van der Waals surface area contributed by atoms with Gasteiger partial charge in [-0.3, -0.25) is 14.5 Å². The lowest BCUT2D eigenvalue weighted by Gasteiger charge is -2.37. The molecule has 1 heterocycles. The Labute approximate surface area is 201 Å². The van der Waals surface area contributed by atoms with E-state index in [0.717, 1.165) is 27.2 Å². The maximum Gasteiger partial charge on any atom is 0.407 e. The van der Waals surface area contributed by atoms with Crippen LogP contribution in [0.2, 0.25) is 0 Å². The Balaban J connectivity index is 1.29. The summed E-state index contributed by atoms with van der Waals surface area (Å²) in [7, 11) is 0. The van der Waals surface area contributed by atoms with E-state index in [9.17, 15) is 23.2 Å². The molecule has 1 aliphatic heterocycles. The Morgan fingerprint density at radius 3 is 2.11 bits per heavy atom. The highest BCUT2D eigenvalue weighted by atomic mass is 19.3. The second-order valence-electron chi connectivity index (χ2n) is 8.73. The molecule has 4 rings (SSSR count). The Kier molecular flexibility index (Phi) is 7.02. The van der Waals surface area contributed by atoms with E-state index in [-0.39, 0.29) is 38.7 Å². The molecule has 10 heteroatoms. The number of fused-ring (bicyclic) bond motifs is 3. The number of alkyl carbamates (subject to hydrolysis) is 1. The highest BCUT2D eigenvalue weighted by Gasteiger charge is 2.43. The number of carbonyl (C=O) groups is 3. The number of alkyl halides is 2. The van der Waals surface area contributed by atoms with Crippen LogP contribution in [-0.2, 0) is 14.3 Å². The summed E-state index contributed by atoms with van der Waals surface area (Å²) in [6.07, 6.45) is -1.03. The Morgan fingerprint density at radius 1 is 1.03 bits per heavy atom. The van der Waals surface area contributed by atoms with Crippen LogP contribution in [-0.4, -0.2) is 84.2 Å².